The maximum atomic E-state index is 14.5. The van der Waals surface area contributed by atoms with E-state index in [2.05, 4.69) is 90.3 Å². The molecule has 5 aromatic rings. The molecule has 8 amide bonds. The van der Waals surface area contributed by atoms with Gasteiger partial charge in [-0.15, -0.1) is 0 Å². The van der Waals surface area contributed by atoms with E-state index in [4.69, 9.17) is 41.9 Å². The molecule has 0 aliphatic heterocycles. The van der Waals surface area contributed by atoms with Crippen LogP contribution in [-0.4, -0.2) is 231 Å². The molecule has 0 radical (unpaired) electrons. The molecule has 0 heterocycles. The Morgan fingerprint density at radius 3 is 1.46 bits per heavy atom. The number of nitrogens with zero attached hydrogens (tertiary/aromatic N) is 2. The van der Waals surface area contributed by atoms with E-state index >= 15 is 0 Å². The summed E-state index contributed by atoms with van der Waals surface area (Å²) in [5, 5.41) is 52.6. The van der Waals surface area contributed by atoms with Gasteiger partial charge in [-0.1, -0.05) is 136 Å². The average Bonchev–Trinajstić information content (AvgIpc) is 1.73. The number of aliphatic carboxylic acids is 1. The molecule has 38 nitrogen and oxygen atoms in total. The van der Waals surface area contributed by atoms with Gasteiger partial charge in [0.1, 0.15) is 85.1 Å². The van der Waals surface area contributed by atoms with Crippen LogP contribution in [0.3, 0.4) is 0 Å². The minimum Gasteiger partial charge on any atom is -0.496 e. The van der Waals surface area contributed by atoms with Crippen LogP contribution in [0, 0.1) is 45.4 Å². The Labute approximate surface area is 802 Å². The van der Waals surface area contributed by atoms with E-state index < -0.39 is 178 Å². The lowest BCUT2D eigenvalue weighted by Gasteiger charge is -2.44. The number of carboxylic acids is 1. The molecule has 8 rings (SSSR count). The number of nitrogens with two attached hydrogens (primary N) is 4. The van der Waals surface area contributed by atoms with Crippen molar-refractivity contribution in [2.45, 2.75) is 276 Å². The number of amides is 8. The summed E-state index contributed by atoms with van der Waals surface area (Å²) in [6.07, 6.45) is 3.31. The number of Topliss-reactive ketones (excluding diaryl/α,β-unsaturated/α-hetero) is 2. The van der Waals surface area contributed by atoms with Gasteiger partial charge in [-0.3, -0.25) is 62.7 Å². The molecule has 21 N–H and O–H groups in total. The van der Waals surface area contributed by atoms with Gasteiger partial charge in [0.2, 0.25) is 47.3 Å². The van der Waals surface area contributed by atoms with Crippen LogP contribution in [0.2, 0.25) is 0 Å². The number of methoxy groups -OCH3 is 1. The molecule has 0 saturated heterocycles. The van der Waals surface area contributed by atoms with Crippen molar-refractivity contribution in [1.82, 2.24) is 52.6 Å². The SMILES string of the molecule is CN=C(N)NCCC[C@H](NC(=O)CN)C(=O)NC1(C(=O)N[C@H](Cc2ccc(C)cc2)C(=O)N[C@@H](CC(=O)OC(C)(C)C)C(=O)CO)CCC(C)(C)CC1.COc1cc(C)c(S(=O)(=O)NC(N)=NCCC[C@H](NC(=O)CNC(=O)OCC2c3ccccc3-c3ccccc32)C(=O)O)c(C)c1C.Cc1ccc(C[C@@H](NC(=O)C2(N)CCC(C)(C)CC2)C(=O)N[C@@H](CC(=O)OC(C)(C)C)C(=O)CO)cc1. The average molecular weight is 1930 g/mol. The van der Waals surface area contributed by atoms with Crippen molar-refractivity contribution in [3.63, 3.8) is 0 Å². The number of hydrogen-bond acceptors (Lipinski definition) is 25. The quantitative estimate of drug-likeness (QED) is 0.00784. The number of carbonyl (C=O) groups excluding carboxylic acids is 12. The predicted molar refractivity (Wildman–Crippen MR) is 517 cm³/mol. The van der Waals surface area contributed by atoms with Crippen LogP contribution in [0.1, 0.15) is 215 Å². The number of aryl methyl sites for hydroxylation is 3. The van der Waals surface area contributed by atoms with E-state index in [0.717, 1.165) is 51.8 Å². The Hall–Kier alpha value is -12.5. The van der Waals surface area contributed by atoms with Crippen LogP contribution in [0.5, 0.6) is 5.75 Å². The Kier molecular flexibility index (Phi) is 42.2. The highest BCUT2D eigenvalue weighted by Gasteiger charge is 2.48. The van der Waals surface area contributed by atoms with Crippen LogP contribution in [-0.2, 0) is 94.6 Å². The molecular weight excluding hydrogens is 1790 g/mol. The van der Waals surface area contributed by atoms with Gasteiger partial charge >= 0.3 is 24.0 Å². The summed E-state index contributed by atoms with van der Waals surface area (Å²) in [5.41, 5.74) is 28.8. The Balaban J connectivity index is 0.000000320. The number of nitrogens with one attached hydrogen (secondary N) is 10. The van der Waals surface area contributed by atoms with E-state index in [0.29, 0.717) is 66.7 Å². The molecule has 0 bridgehead atoms. The topological polar surface area (TPSA) is 603 Å². The Morgan fingerprint density at radius 2 is 1.01 bits per heavy atom. The van der Waals surface area contributed by atoms with Gasteiger partial charge in [0.05, 0.1) is 36.9 Å². The number of alkyl carbamates (subject to hydrolysis) is 1. The normalized spacial score (nSPS) is 16.0. The fourth-order valence-electron chi connectivity index (χ4n) is 15.8. The van der Waals surface area contributed by atoms with Gasteiger partial charge in [0, 0.05) is 38.9 Å². The van der Waals surface area contributed by atoms with E-state index in [-0.39, 0.29) is 98.2 Å². The van der Waals surface area contributed by atoms with Crippen LogP contribution >= 0.6 is 0 Å². The Morgan fingerprint density at radius 1 is 0.547 bits per heavy atom. The van der Waals surface area contributed by atoms with Crippen LogP contribution in [0.4, 0.5) is 4.79 Å². The number of guanidine groups is 2. The minimum atomic E-state index is -4.06. The molecule has 137 heavy (non-hydrogen) atoms. The molecule has 39 heteroatoms. The molecular formula is C98H142N16O22S. The molecule has 0 spiro atoms. The molecule has 752 valence electrons. The van der Waals surface area contributed by atoms with Gasteiger partial charge in [0.25, 0.3) is 10.0 Å². The summed E-state index contributed by atoms with van der Waals surface area (Å²) >= 11 is 0. The second-order valence-electron chi connectivity index (χ2n) is 38.6. The highest BCUT2D eigenvalue weighted by Crippen LogP contribution is 2.45. The lowest BCUT2D eigenvalue weighted by molar-refractivity contribution is -0.157. The van der Waals surface area contributed by atoms with Crippen molar-refractivity contribution in [3.8, 4) is 16.9 Å². The van der Waals surface area contributed by atoms with Gasteiger partial charge in [-0.25, -0.2) is 22.7 Å². The first-order valence-corrected chi connectivity index (χ1v) is 47.3. The van der Waals surface area contributed by atoms with Gasteiger partial charge in [-0.05, 0) is 220 Å². The molecule has 0 unspecified atom stereocenters. The molecule has 6 atom stereocenters. The zero-order valence-corrected chi connectivity index (χ0v) is 82.6. The first-order valence-electron chi connectivity index (χ1n) is 45.8. The number of benzene rings is 5. The Bertz CT molecular complexity index is 5200. The second kappa shape index (κ2) is 51.1. The minimum absolute atomic E-state index is 0.00617. The van der Waals surface area contributed by atoms with Crippen molar-refractivity contribution in [2.24, 2.45) is 43.7 Å². The van der Waals surface area contributed by atoms with Crippen LogP contribution < -0.4 is 80.2 Å². The number of aliphatic hydroxyl groups excluding tert-OH is 2. The summed E-state index contributed by atoms with van der Waals surface area (Å²) in [7, 11) is -1.02. The summed E-state index contributed by atoms with van der Waals surface area (Å²) in [6.45, 7) is 25.2. The van der Waals surface area contributed by atoms with Crippen molar-refractivity contribution in [3.05, 3.63) is 153 Å². The van der Waals surface area contributed by atoms with E-state index in [9.17, 15) is 86.1 Å². The number of esters is 2. The standard InChI is InChI=1S/C37H60N8O8.C33H39N5O8S.C28H43N3O6/c1-23-10-12-24(13-11-23)19-27(31(50)43-26(28(47)22-46)20-30(49)53-35(2,3)4)44-33(52)37(16-14-36(5,6)15-17-37)45-32(51)25(42-29(48)21-38)9-8-18-41-34(39)40-7;1-19-16-28(45-4)20(2)21(3)30(19)47(43,44)38-32(34)35-15-9-14-27(31(40)41)37-29(39)17-36-33(42)46-18-26-24-12-7-5-10-22(24)23-11-6-8-13-25(23)26;1-18-7-9-19(10-8-18)15-21(31-25(36)28(29)13-11-27(5,6)12-14-28)24(35)30-20(22(33)17-32)16-23(34)37-26(2,3)4/h10-13,25-27,46H,8-9,14-22,38H2,1-7H3,(H,42,48)(H,43,50)(H,44,52)(H,45,51)(H3,39,40,41);5-8,10-13,16,26-27H,9,14-15,17-18H2,1-4H3,(H,36,42)(H,37,39)(H,40,41)(H3,34,35,38);7-10,20-21,32H,11-17,29H2,1-6H3,(H,30,35)(H,31,36)/t25-,26-,27+;27-;20-,21+/m000/s1. The fraction of sp³-hybridized carbons (Fsp3) is 0.541. The molecule has 3 aliphatic rings. The maximum Gasteiger partial charge on any atom is 0.407 e. The van der Waals surface area contributed by atoms with E-state index in [1.807, 2.05) is 98.8 Å². The third-order valence-electron chi connectivity index (χ3n) is 23.9. The number of aliphatic hydroxyl groups is 2. The predicted octanol–water partition coefficient (Wildman–Crippen LogP) is 5.21. The summed E-state index contributed by atoms with van der Waals surface area (Å²) < 4.78 is 49.6. The second-order valence-corrected chi connectivity index (χ2v) is 40.2. The smallest absolute Gasteiger partial charge is 0.407 e. The molecule has 2 fully saturated rings. The highest BCUT2D eigenvalue weighted by molar-refractivity contribution is 7.90. The van der Waals surface area contributed by atoms with Crippen molar-refractivity contribution < 1.29 is 105 Å². The van der Waals surface area contributed by atoms with Gasteiger partial charge < -0.3 is 105 Å². The fourth-order valence-corrected chi connectivity index (χ4v) is 17.2. The number of ether oxygens (including phenoxy) is 4. The molecule has 0 aromatic heterocycles. The van der Waals surface area contributed by atoms with Crippen molar-refractivity contribution in [1.29, 1.82) is 0 Å². The lowest BCUT2D eigenvalue weighted by Crippen LogP contribution is -2.66. The lowest BCUT2D eigenvalue weighted by atomic mass is 9.68. The molecule has 5 aromatic carbocycles. The number of fused-ring (bicyclic) bond motifs is 3. The highest BCUT2D eigenvalue weighted by atomic mass is 32.2. The number of sulfonamides is 1. The van der Waals surface area contributed by atoms with Crippen LogP contribution in [0.25, 0.3) is 11.1 Å². The van der Waals surface area contributed by atoms with E-state index in [1.54, 1.807) is 80.5 Å². The number of aliphatic imine (C=N–C) groups is 2. The third-order valence-corrected chi connectivity index (χ3v) is 25.6. The zero-order chi connectivity index (χ0) is 102. The maximum absolute atomic E-state index is 14.5. The monoisotopic (exact) mass is 1930 g/mol. The largest absolute Gasteiger partial charge is 0.496 e. The first kappa shape index (κ1) is 113. The van der Waals surface area contributed by atoms with E-state index in [1.165, 1.54) is 14.2 Å². The third kappa shape index (κ3) is 35.9. The number of hydrogen-bond donors (Lipinski definition) is 17. The summed E-state index contributed by atoms with van der Waals surface area (Å²) in [4.78, 5) is 176. The molecule has 3 aliphatic carbocycles. The van der Waals surface area contributed by atoms with Gasteiger partial charge in [-0.2, -0.15) is 0 Å². The van der Waals surface area contributed by atoms with Gasteiger partial charge in [0.15, 0.2) is 17.5 Å². The number of rotatable bonds is 41. The first-order chi connectivity index (χ1) is 64.1. The number of carbonyl (C=O) groups is 13. The van der Waals surface area contributed by atoms with Crippen LogP contribution in [0.15, 0.2) is 118 Å². The summed E-state index contributed by atoms with van der Waals surface area (Å²) in [6, 6.07) is 24.9. The van der Waals surface area contributed by atoms with Crippen molar-refractivity contribution in [2.75, 3.05) is 60.2 Å². The number of carboxylic acid groups (broad SMARTS) is 1. The zero-order valence-electron chi connectivity index (χ0n) is 81.8. The number of ketones is 2. The van der Waals surface area contributed by atoms with Crippen molar-refractivity contribution >= 4 is 98.9 Å². The summed E-state index contributed by atoms with van der Waals surface area (Å²) in [5.74, 6) is -8.33. The molecule has 2 saturated carbocycles.